The molecule has 3 aromatic heterocycles. The Morgan fingerprint density at radius 1 is 1.00 bits per heavy atom. The van der Waals surface area contributed by atoms with Gasteiger partial charge in [0.2, 0.25) is 0 Å². The van der Waals surface area contributed by atoms with Crippen molar-refractivity contribution in [2.45, 2.75) is 31.7 Å². The topological polar surface area (TPSA) is 72.7 Å². The molecule has 0 spiro atoms. The van der Waals surface area contributed by atoms with Crippen LogP contribution < -0.4 is 5.32 Å². The van der Waals surface area contributed by atoms with E-state index in [9.17, 15) is 4.79 Å². The Morgan fingerprint density at radius 3 is 2.66 bits per heavy atom. The predicted octanol–water partition coefficient (Wildman–Crippen LogP) is 6.92. The van der Waals surface area contributed by atoms with Crippen LogP contribution in [0.3, 0.4) is 0 Å². The minimum Gasteiger partial charge on any atom is -0.321 e. The monoisotopic (exact) mass is 517 g/mol. The number of nitrogens with zero attached hydrogens (tertiary/aromatic N) is 4. The van der Waals surface area contributed by atoms with Crippen molar-refractivity contribution >= 4 is 46.0 Å². The first-order valence-corrected chi connectivity index (χ1v) is 13.7. The summed E-state index contributed by atoms with van der Waals surface area (Å²) in [6.07, 6.45) is 0. The van der Waals surface area contributed by atoms with Crippen LogP contribution in [0.4, 0.5) is 5.69 Å². The van der Waals surface area contributed by atoms with Gasteiger partial charge in [-0.3, -0.25) is 9.36 Å². The number of rotatable bonds is 7. The zero-order chi connectivity index (χ0) is 24.4. The Labute approximate surface area is 216 Å². The Balaban J connectivity index is 1.34. The normalized spacial score (nSPS) is 11.1. The first kappa shape index (κ1) is 23.5. The number of aryl methyl sites for hydroxylation is 3. The molecule has 0 bridgehead atoms. The maximum Gasteiger partial charge on any atom is 0.275 e. The highest BCUT2D eigenvalue weighted by molar-refractivity contribution is 7.98. The van der Waals surface area contributed by atoms with E-state index in [1.807, 2.05) is 42.6 Å². The number of nitrogens with one attached hydrogen (secondary N) is 1. The van der Waals surface area contributed by atoms with Crippen LogP contribution in [0.25, 0.3) is 16.4 Å². The Bertz CT molecular complexity index is 1490. The zero-order valence-electron chi connectivity index (χ0n) is 19.5. The number of anilines is 1. The molecule has 0 atom stereocenters. The summed E-state index contributed by atoms with van der Waals surface area (Å²) in [5, 5.41) is 17.4. The number of hydrogen-bond donors (Lipinski definition) is 1. The molecular formula is C26H23N5OS3. The highest BCUT2D eigenvalue weighted by Crippen LogP contribution is 2.32. The van der Waals surface area contributed by atoms with Gasteiger partial charge in [0.1, 0.15) is 10.7 Å². The van der Waals surface area contributed by atoms with E-state index in [0.29, 0.717) is 11.4 Å². The predicted molar refractivity (Wildman–Crippen MR) is 145 cm³/mol. The van der Waals surface area contributed by atoms with Crippen LogP contribution in [0.1, 0.15) is 32.2 Å². The van der Waals surface area contributed by atoms with E-state index >= 15 is 0 Å². The third-order valence-electron chi connectivity index (χ3n) is 5.51. The molecule has 9 heteroatoms. The number of thiophene rings is 1. The molecular weight excluding hydrogens is 495 g/mol. The summed E-state index contributed by atoms with van der Waals surface area (Å²) in [6.45, 7) is 6.16. The Kier molecular flexibility index (Phi) is 6.81. The van der Waals surface area contributed by atoms with Crippen LogP contribution in [-0.2, 0) is 5.75 Å². The number of aromatic nitrogens is 4. The number of thioether (sulfide) groups is 1. The number of amides is 1. The van der Waals surface area contributed by atoms with E-state index in [0.717, 1.165) is 37.8 Å². The van der Waals surface area contributed by atoms with E-state index < -0.39 is 0 Å². The number of thiazole rings is 1. The van der Waals surface area contributed by atoms with Gasteiger partial charge in [0, 0.05) is 11.1 Å². The number of carbonyl (C=O) groups is 1. The van der Waals surface area contributed by atoms with Crippen molar-refractivity contribution in [3.8, 4) is 16.4 Å². The molecule has 5 rings (SSSR count). The smallest absolute Gasteiger partial charge is 0.275 e. The van der Waals surface area contributed by atoms with Gasteiger partial charge in [0.25, 0.3) is 5.91 Å². The average Bonchev–Trinajstić information content (AvgIpc) is 3.60. The molecule has 0 fully saturated rings. The summed E-state index contributed by atoms with van der Waals surface area (Å²) < 4.78 is 2.09. The molecule has 5 aromatic rings. The minimum atomic E-state index is -0.205. The van der Waals surface area contributed by atoms with Crippen molar-refractivity contribution in [1.29, 1.82) is 0 Å². The second-order valence-corrected chi connectivity index (χ2v) is 11.0. The van der Waals surface area contributed by atoms with Crippen LogP contribution in [0.15, 0.2) is 70.5 Å². The fraction of sp³-hybridized carbons (Fsp3) is 0.154. The minimum absolute atomic E-state index is 0.205. The lowest BCUT2D eigenvalue weighted by atomic mass is 10.1. The second kappa shape index (κ2) is 10.2. The van der Waals surface area contributed by atoms with Crippen LogP contribution >= 0.6 is 34.4 Å². The van der Waals surface area contributed by atoms with Crippen LogP contribution in [0.2, 0.25) is 0 Å². The molecule has 0 aliphatic carbocycles. The fourth-order valence-corrected chi connectivity index (χ4v) is 5.99. The zero-order valence-corrected chi connectivity index (χ0v) is 21.9. The number of hydrogen-bond acceptors (Lipinski definition) is 7. The first-order valence-electron chi connectivity index (χ1n) is 11.0. The lowest BCUT2D eigenvalue weighted by Gasteiger charge is -2.10. The summed E-state index contributed by atoms with van der Waals surface area (Å²) in [7, 11) is 0. The van der Waals surface area contributed by atoms with E-state index in [4.69, 9.17) is 0 Å². The van der Waals surface area contributed by atoms with E-state index in [1.54, 1.807) is 28.5 Å². The van der Waals surface area contributed by atoms with Gasteiger partial charge >= 0.3 is 0 Å². The molecule has 0 aliphatic rings. The van der Waals surface area contributed by atoms with Crippen molar-refractivity contribution in [1.82, 2.24) is 19.7 Å². The highest BCUT2D eigenvalue weighted by atomic mass is 32.2. The van der Waals surface area contributed by atoms with Gasteiger partial charge in [-0.05, 0) is 73.2 Å². The molecule has 0 unspecified atom stereocenters. The summed E-state index contributed by atoms with van der Waals surface area (Å²) >= 11 is 4.67. The van der Waals surface area contributed by atoms with Gasteiger partial charge in [0.15, 0.2) is 11.0 Å². The maximum absolute atomic E-state index is 12.7. The third-order valence-corrected chi connectivity index (χ3v) is 8.35. The molecule has 6 nitrogen and oxygen atoms in total. The number of carbonyl (C=O) groups excluding carboxylic acids is 1. The summed E-state index contributed by atoms with van der Waals surface area (Å²) in [6, 6.07) is 18.3. The van der Waals surface area contributed by atoms with Gasteiger partial charge in [-0.1, -0.05) is 36.0 Å². The van der Waals surface area contributed by atoms with Gasteiger partial charge in [-0.25, -0.2) is 4.98 Å². The van der Waals surface area contributed by atoms with Crippen LogP contribution in [-0.4, -0.2) is 25.7 Å². The average molecular weight is 518 g/mol. The number of benzene rings is 2. The SMILES string of the molecule is Cc1cccc(-n2c(SCc3nc(C(=O)Nc4ccc(C)c(C)c4)cs3)nnc2-c2cccs2)c1. The highest BCUT2D eigenvalue weighted by Gasteiger charge is 2.18. The second-order valence-electron chi connectivity index (χ2n) is 8.13. The van der Waals surface area contributed by atoms with Gasteiger partial charge < -0.3 is 5.32 Å². The van der Waals surface area contributed by atoms with Crippen LogP contribution in [0, 0.1) is 20.8 Å². The molecule has 0 saturated carbocycles. The Morgan fingerprint density at radius 2 is 1.89 bits per heavy atom. The molecule has 0 radical (unpaired) electrons. The summed E-state index contributed by atoms with van der Waals surface area (Å²) in [4.78, 5) is 18.3. The van der Waals surface area contributed by atoms with Crippen molar-refractivity contribution in [3.05, 3.63) is 92.7 Å². The molecule has 0 saturated heterocycles. The van der Waals surface area contributed by atoms with E-state index in [-0.39, 0.29) is 5.91 Å². The Hall–Kier alpha value is -3.27. The lowest BCUT2D eigenvalue weighted by molar-refractivity contribution is 0.102. The lowest BCUT2D eigenvalue weighted by Crippen LogP contribution is -2.12. The van der Waals surface area contributed by atoms with Crippen molar-refractivity contribution < 1.29 is 4.79 Å². The standard InChI is InChI=1S/C26H23N5OS3/c1-16-6-4-7-20(12-16)31-24(22-8-5-11-33-22)29-30-26(31)35-15-23-28-21(14-34-23)25(32)27-19-10-9-17(2)18(3)13-19/h4-14H,15H2,1-3H3,(H,27,32). The van der Waals surface area contributed by atoms with Crippen LogP contribution in [0.5, 0.6) is 0 Å². The fourth-order valence-electron chi connectivity index (χ4n) is 3.55. The largest absolute Gasteiger partial charge is 0.321 e. The first-order chi connectivity index (χ1) is 17.0. The van der Waals surface area contributed by atoms with Gasteiger partial charge in [0.05, 0.1) is 16.3 Å². The molecule has 1 N–H and O–H groups in total. The van der Waals surface area contributed by atoms with E-state index in [1.165, 1.54) is 22.5 Å². The van der Waals surface area contributed by atoms with E-state index in [2.05, 4.69) is 63.2 Å². The molecule has 2 aromatic carbocycles. The quantitative estimate of drug-likeness (QED) is 0.237. The molecule has 0 aliphatic heterocycles. The summed E-state index contributed by atoms with van der Waals surface area (Å²) in [5.74, 6) is 1.21. The molecule has 176 valence electrons. The maximum atomic E-state index is 12.7. The van der Waals surface area contributed by atoms with Crippen molar-refractivity contribution in [2.24, 2.45) is 0 Å². The molecule has 3 heterocycles. The van der Waals surface area contributed by atoms with Crippen molar-refractivity contribution in [2.75, 3.05) is 5.32 Å². The molecule has 1 amide bonds. The molecule has 35 heavy (non-hydrogen) atoms. The van der Waals surface area contributed by atoms with Gasteiger partial charge in [-0.15, -0.1) is 32.9 Å². The van der Waals surface area contributed by atoms with Gasteiger partial charge in [-0.2, -0.15) is 0 Å². The summed E-state index contributed by atoms with van der Waals surface area (Å²) in [5.41, 5.74) is 5.71. The van der Waals surface area contributed by atoms with Crippen molar-refractivity contribution in [3.63, 3.8) is 0 Å². The third kappa shape index (κ3) is 5.22.